The van der Waals surface area contributed by atoms with Crippen LogP contribution in [0.4, 0.5) is 4.79 Å². The van der Waals surface area contributed by atoms with E-state index in [-0.39, 0.29) is 6.04 Å². The lowest BCUT2D eigenvalue weighted by atomic mass is 10.1. The smallest absolute Gasteiger partial charge is 0.407 e. The van der Waals surface area contributed by atoms with Crippen molar-refractivity contribution in [3.8, 4) is 0 Å². The van der Waals surface area contributed by atoms with E-state index in [1.165, 1.54) is 0 Å². The zero-order valence-electron chi connectivity index (χ0n) is 12.4. The summed E-state index contributed by atoms with van der Waals surface area (Å²) in [5.74, 6) is 0. The van der Waals surface area contributed by atoms with Gasteiger partial charge in [0.05, 0.1) is 5.69 Å². The molecule has 108 valence electrons. The maximum atomic E-state index is 11.5. The Balaban J connectivity index is 2.38. The molecule has 0 bridgehead atoms. The number of alkyl carbamates (subject to hydrolysis) is 1. The van der Waals surface area contributed by atoms with Crippen molar-refractivity contribution in [1.82, 2.24) is 15.1 Å². The molecule has 0 saturated carbocycles. The molecule has 0 radical (unpaired) electrons. The van der Waals surface area contributed by atoms with Crippen molar-refractivity contribution in [3.63, 3.8) is 0 Å². The maximum absolute atomic E-state index is 11.5. The maximum Gasteiger partial charge on any atom is 0.407 e. The Morgan fingerprint density at radius 3 is 2.68 bits per heavy atom. The number of nitrogens with one attached hydrogen (secondary N) is 1. The van der Waals surface area contributed by atoms with Crippen LogP contribution < -0.4 is 11.1 Å². The number of nitrogens with zero attached hydrogens (tertiary/aromatic N) is 2. The molecular weight excluding hydrogens is 244 g/mol. The second-order valence-corrected chi connectivity index (χ2v) is 5.78. The van der Waals surface area contributed by atoms with Crippen LogP contribution >= 0.6 is 0 Å². The highest BCUT2D eigenvalue weighted by atomic mass is 16.6. The van der Waals surface area contributed by atoms with Crippen molar-refractivity contribution in [3.05, 3.63) is 17.5 Å². The second-order valence-electron chi connectivity index (χ2n) is 5.78. The highest BCUT2D eigenvalue weighted by molar-refractivity contribution is 5.67. The molecule has 0 saturated heterocycles. The number of hydrogen-bond donors (Lipinski definition) is 2. The minimum absolute atomic E-state index is 0.180. The Bertz CT molecular complexity index is 434. The molecule has 0 aromatic carbocycles. The Morgan fingerprint density at radius 2 is 2.21 bits per heavy atom. The van der Waals surface area contributed by atoms with Gasteiger partial charge in [0.2, 0.25) is 0 Å². The van der Waals surface area contributed by atoms with E-state index in [0.29, 0.717) is 13.0 Å². The molecule has 6 heteroatoms. The molecule has 0 aliphatic heterocycles. The Labute approximate surface area is 114 Å². The van der Waals surface area contributed by atoms with Gasteiger partial charge in [0, 0.05) is 32.3 Å². The fraction of sp³-hybridized carbons (Fsp3) is 0.692. The first-order chi connectivity index (χ1) is 8.67. The summed E-state index contributed by atoms with van der Waals surface area (Å²) < 4.78 is 6.90. The van der Waals surface area contributed by atoms with E-state index < -0.39 is 11.7 Å². The number of rotatable bonds is 4. The van der Waals surface area contributed by atoms with Gasteiger partial charge < -0.3 is 15.8 Å². The SMILES string of the molecule is Cc1cn(C)nc1CC(N)CNC(=O)OC(C)(C)C. The van der Waals surface area contributed by atoms with E-state index >= 15 is 0 Å². The van der Waals surface area contributed by atoms with Crippen molar-refractivity contribution in [2.24, 2.45) is 12.8 Å². The van der Waals surface area contributed by atoms with Crippen molar-refractivity contribution in [1.29, 1.82) is 0 Å². The minimum Gasteiger partial charge on any atom is -0.444 e. The van der Waals surface area contributed by atoms with Gasteiger partial charge in [-0.05, 0) is 33.3 Å². The fourth-order valence-corrected chi connectivity index (χ4v) is 1.70. The van der Waals surface area contributed by atoms with E-state index in [0.717, 1.165) is 11.3 Å². The molecule has 1 atom stereocenters. The minimum atomic E-state index is -0.494. The van der Waals surface area contributed by atoms with Gasteiger partial charge in [0.1, 0.15) is 5.60 Å². The van der Waals surface area contributed by atoms with Gasteiger partial charge in [-0.3, -0.25) is 4.68 Å². The molecule has 6 nitrogen and oxygen atoms in total. The van der Waals surface area contributed by atoms with Gasteiger partial charge in [-0.1, -0.05) is 0 Å². The van der Waals surface area contributed by atoms with Crippen LogP contribution in [0.3, 0.4) is 0 Å². The lowest BCUT2D eigenvalue weighted by Crippen LogP contribution is -2.41. The highest BCUT2D eigenvalue weighted by Gasteiger charge is 2.17. The molecule has 0 fully saturated rings. The summed E-state index contributed by atoms with van der Waals surface area (Å²) in [4.78, 5) is 11.5. The summed E-state index contributed by atoms with van der Waals surface area (Å²) in [6.07, 6.45) is 2.13. The van der Waals surface area contributed by atoms with Crippen molar-refractivity contribution in [2.45, 2.75) is 45.8 Å². The topological polar surface area (TPSA) is 82.2 Å². The van der Waals surface area contributed by atoms with Gasteiger partial charge in [-0.25, -0.2) is 4.79 Å². The highest BCUT2D eigenvalue weighted by Crippen LogP contribution is 2.07. The number of carbonyl (C=O) groups excluding carboxylic acids is 1. The molecule has 19 heavy (non-hydrogen) atoms. The number of carbonyl (C=O) groups is 1. The molecule has 1 amide bonds. The van der Waals surface area contributed by atoms with Crippen LogP contribution in [-0.4, -0.2) is 34.1 Å². The summed E-state index contributed by atoms with van der Waals surface area (Å²) >= 11 is 0. The van der Waals surface area contributed by atoms with E-state index in [4.69, 9.17) is 10.5 Å². The third-order valence-corrected chi connectivity index (χ3v) is 2.48. The van der Waals surface area contributed by atoms with Gasteiger partial charge in [0.15, 0.2) is 0 Å². The van der Waals surface area contributed by atoms with Crippen LogP contribution in [0.1, 0.15) is 32.0 Å². The fourth-order valence-electron chi connectivity index (χ4n) is 1.70. The summed E-state index contributed by atoms with van der Waals surface area (Å²) in [6.45, 7) is 7.83. The molecule has 1 unspecified atom stereocenters. The third kappa shape index (κ3) is 5.74. The van der Waals surface area contributed by atoms with E-state index in [2.05, 4.69) is 10.4 Å². The van der Waals surface area contributed by atoms with E-state index in [1.54, 1.807) is 4.68 Å². The van der Waals surface area contributed by atoms with Crippen LogP contribution in [-0.2, 0) is 18.2 Å². The van der Waals surface area contributed by atoms with E-state index in [9.17, 15) is 4.79 Å². The lowest BCUT2D eigenvalue weighted by Gasteiger charge is -2.20. The van der Waals surface area contributed by atoms with Crippen LogP contribution in [0.25, 0.3) is 0 Å². The third-order valence-electron chi connectivity index (χ3n) is 2.48. The number of ether oxygens (including phenoxy) is 1. The zero-order valence-corrected chi connectivity index (χ0v) is 12.4. The van der Waals surface area contributed by atoms with Crippen molar-refractivity contribution < 1.29 is 9.53 Å². The first kappa shape index (κ1) is 15.5. The Kier molecular flexibility index (Phi) is 4.94. The molecule has 1 rings (SSSR count). The quantitative estimate of drug-likeness (QED) is 0.857. The molecule has 0 aliphatic carbocycles. The molecule has 0 aliphatic rings. The van der Waals surface area contributed by atoms with Gasteiger partial charge in [-0.2, -0.15) is 5.10 Å². The van der Waals surface area contributed by atoms with Crippen LogP contribution in [0.5, 0.6) is 0 Å². The summed E-state index contributed by atoms with van der Waals surface area (Å²) in [5, 5.41) is 6.99. The number of aryl methyl sites for hydroxylation is 2. The monoisotopic (exact) mass is 268 g/mol. The Morgan fingerprint density at radius 1 is 1.58 bits per heavy atom. The van der Waals surface area contributed by atoms with Crippen molar-refractivity contribution >= 4 is 6.09 Å². The first-order valence-electron chi connectivity index (χ1n) is 6.39. The average Bonchev–Trinajstić information content (AvgIpc) is 2.52. The predicted molar refractivity (Wildman–Crippen MR) is 73.9 cm³/mol. The van der Waals surface area contributed by atoms with Gasteiger partial charge in [-0.15, -0.1) is 0 Å². The number of nitrogens with two attached hydrogens (primary N) is 1. The number of amides is 1. The van der Waals surface area contributed by atoms with Crippen molar-refractivity contribution in [2.75, 3.05) is 6.54 Å². The predicted octanol–water partition coefficient (Wildman–Crippen LogP) is 1.12. The largest absolute Gasteiger partial charge is 0.444 e. The molecular formula is C13H24N4O2. The zero-order chi connectivity index (χ0) is 14.6. The molecule has 0 spiro atoms. The molecule has 1 aromatic heterocycles. The number of aromatic nitrogens is 2. The van der Waals surface area contributed by atoms with Gasteiger partial charge >= 0.3 is 6.09 Å². The normalized spacial score (nSPS) is 13.2. The average molecular weight is 268 g/mol. The van der Waals surface area contributed by atoms with E-state index in [1.807, 2.05) is 40.9 Å². The lowest BCUT2D eigenvalue weighted by molar-refractivity contribution is 0.0524. The summed E-state index contributed by atoms with van der Waals surface area (Å²) in [7, 11) is 1.88. The van der Waals surface area contributed by atoms with Gasteiger partial charge in [0.25, 0.3) is 0 Å². The standard InChI is InChI=1S/C13H24N4O2/c1-9-8-17(5)16-11(9)6-10(14)7-15-12(18)19-13(2,3)4/h8,10H,6-7,14H2,1-5H3,(H,15,18). The second kappa shape index (κ2) is 6.06. The number of hydrogen-bond acceptors (Lipinski definition) is 4. The summed E-state index contributed by atoms with van der Waals surface area (Å²) in [6, 6.07) is -0.180. The first-order valence-corrected chi connectivity index (χ1v) is 6.39. The van der Waals surface area contributed by atoms with Crippen LogP contribution in [0.15, 0.2) is 6.20 Å². The summed E-state index contributed by atoms with van der Waals surface area (Å²) in [5.41, 5.74) is 7.55. The van der Waals surface area contributed by atoms with Crippen LogP contribution in [0, 0.1) is 6.92 Å². The Hall–Kier alpha value is -1.56. The van der Waals surface area contributed by atoms with Crippen LogP contribution in [0.2, 0.25) is 0 Å². The molecule has 1 aromatic rings. The molecule has 1 heterocycles. The molecule has 3 N–H and O–H groups in total.